The van der Waals surface area contributed by atoms with Gasteiger partial charge in [-0.3, -0.25) is 4.79 Å². The number of rotatable bonds is 6. The molecule has 0 aliphatic rings. The van der Waals surface area contributed by atoms with Crippen molar-refractivity contribution in [1.82, 2.24) is 19.7 Å². The molecule has 3 aromatic rings. The smallest absolute Gasteiger partial charge is 0.441 e. The van der Waals surface area contributed by atoms with Crippen LogP contribution >= 0.6 is 0 Å². The molecule has 1 aromatic carbocycles. The van der Waals surface area contributed by atoms with E-state index >= 15 is 0 Å². The fourth-order valence-electron chi connectivity index (χ4n) is 2.70. The van der Waals surface area contributed by atoms with Gasteiger partial charge in [0.05, 0.1) is 0 Å². The van der Waals surface area contributed by atoms with Crippen LogP contribution < -0.4 is 0 Å². The van der Waals surface area contributed by atoms with Crippen LogP contribution in [-0.2, 0) is 26.1 Å². The molecule has 0 aliphatic carbocycles. The summed E-state index contributed by atoms with van der Waals surface area (Å²) in [5.74, 6) is -0.984. The van der Waals surface area contributed by atoms with Crippen molar-refractivity contribution in [1.29, 1.82) is 0 Å². The van der Waals surface area contributed by atoms with Crippen molar-refractivity contribution in [2.75, 3.05) is 0 Å². The Labute approximate surface area is 153 Å². The molecule has 0 aliphatic heterocycles. The van der Waals surface area contributed by atoms with Gasteiger partial charge in [-0.25, -0.2) is 4.98 Å². The molecule has 0 N–H and O–H groups in total. The maximum Gasteiger partial charge on any atom is 0.468 e. The molecule has 0 saturated heterocycles. The van der Waals surface area contributed by atoms with E-state index in [1.165, 1.54) is 0 Å². The highest BCUT2D eigenvalue weighted by molar-refractivity contribution is 5.95. The Hall–Kier alpha value is -2.97. The van der Waals surface area contributed by atoms with Crippen molar-refractivity contribution < 1.29 is 22.4 Å². The van der Waals surface area contributed by atoms with E-state index in [0.29, 0.717) is 12.0 Å². The van der Waals surface area contributed by atoms with Gasteiger partial charge in [-0.15, -0.1) is 10.2 Å². The van der Waals surface area contributed by atoms with Gasteiger partial charge in [-0.2, -0.15) is 13.2 Å². The number of carbonyl (C=O) groups excluding carboxylic acids is 1. The van der Waals surface area contributed by atoms with E-state index in [4.69, 9.17) is 0 Å². The average Bonchev–Trinajstić information content (AvgIpc) is 3.25. The summed E-state index contributed by atoms with van der Waals surface area (Å²) in [7, 11) is 1.87. The van der Waals surface area contributed by atoms with Gasteiger partial charge in [0.1, 0.15) is 24.1 Å². The minimum atomic E-state index is -4.71. The van der Waals surface area contributed by atoms with Crippen LogP contribution in [0.4, 0.5) is 13.2 Å². The van der Waals surface area contributed by atoms with Gasteiger partial charge in [0.25, 0.3) is 0 Å². The summed E-state index contributed by atoms with van der Waals surface area (Å²) in [5, 5.41) is 7.91. The van der Waals surface area contributed by atoms with Gasteiger partial charge in [0, 0.05) is 19.9 Å². The molecular formula is C18H17F3N4O2. The van der Waals surface area contributed by atoms with Crippen molar-refractivity contribution >= 4 is 5.78 Å². The number of oxazole rings is 1. The number of ketones is 1. The Balaban J connectivity index is 1.71. The van der Waals surface area contributed by atoms with Crippen LogP contribution in [0.5, 0.6) is 0 Å². The number of benzene rings is 1. The SMILES string of the molecule is C[C@H](Cc1nncn1C)c1cccc(CC(=O)c2coc(C(F)(F)F)n2)c1. The summed E-state index contributed by atoms with van der Waals surface area (Å²) in [5.41, 5.74) is 1.36. The molecule has 0 saturated carbocycles. The molecule has 2 heterocycles. The van der Waals surface area contributed by atoms with E-state index in [-0.39, 0.29) is 18.0 Å². The lowest BCUT2D eigenvalue weighted by atomic mass is 9.94. The first kappa shape index (κ1) is 18.8. The number of halogens is 3. The van der Waals surface area contributed by atoms with Gasteiger partial charge in [0.2, 0.25) is 0 Å². The van der Waals surface area contributed by atoms with Crippen molar-refractivity contribution in [3.8, 4) is 0 Å². The van der Waals surface area contributed by atoms with Crippen LogP contribution in [0.3, 0.4) is 0 Å². The monoisotopic (exact) mass is 378 g/mol. The second-order valence-corrected chi connectivity index (χ2v) is 6.34. The molecule has 1 atom stereocenters. The molecule has 3 rings (SSSR count). The van der Waals surface area contributed by atoms with Gasteiger partial charge in [-0.05, 0) is 17.0 Å². The Morgan fingerprint density at radius 1 is 1.33 bits per heavy atom. The molecule has 6 nitrogen and oxygen atoms in total. The molecule has 0 radical (unpaired) electrons. The van der Waals surface area contributed by atoms with Gasteiger partial charge in [-0.1, -0.05) is 31.2 Å². The summed E-state index contributed by atoms with van der Waals surface area (Å²) in [4.78, 5) is 15.5. The summed E-state index contributed by atoms with van der Waals surface area (Å²) in [6.07, 6.45) is -1.73. The number of aromatic nitrogens is 4. The van der Waals surface area contributed by atoms with Crippen molar-refractivity contribution in [3.05, 3.63) is 65.4 Å². The molecule has 0 fully saturated rings. The van der Waals surface area contributed by atoms with Crippen molar-refractivity contribution in [2.45, 2.75) is 31.9 Å². The van der Waals surface area contributed by atoms with E-state index in [2.05, 4.69) is 19.6 Å². The molecule has 142 valence electrons. The number of hydrogen-bond donors (Lipinski definition) is 0. The minimum Gasteiger partial charge on any atom is -0.441 e. The molecule has 0 spiro atoms. The Kier molecular flexibility index (Phi) is 5.11. The number of aryl methyl sites for hydroxylation is 1. The predicted molar refractivity (Wildman–Crippen MR) is 89.1 cm³/mol. The summed E-state index contributed by atoms with van der Waals surface area (Å²) < 4.78 is 43.8. The molecule has 2 aromatic heterocycles. The number of Topliss-reactive ketones (excluding diaryl/α,β-unsaturated/α-hetero) is 1. The Morgan fingerprint density at radius 2 is 2.11 bits per heavy atom. The number of nitrogens with zero attached hydrogens (tertiary/aromatic N) is 4. The maximum absolute atomic E-state index is 12.5. The summed E-state index contributed by atoms with van der Waals surface area (Å²) in [6, 6.07) is 7.37. The van der Waals surface area contributed by atoms with E-state index < -0.39 is 17.9 Å². The predicted octanol–water partition coefficient (Wildman–Crippen LogP) is 3.59. The van der Waals surface area contributed by atoms with Crippen molar-refractivity contribution in [3.63, 3.8) is 0 Å². The van der Waals surface area contributed by atoms with E-state index in [1.54, 1.807) is 12.4 Å². The quantitative estimate of drug-likeness (QED) is 0.613. The van der Waals surface area contributed by atoms with Crippen LogP contribution in [0, 0.1) is 0 Å². The molecule has 9 heteroatoms. The first-order valence-corrected chi connectivity index (χ1v) is 8.21. The average molecular weight is 378 g/mol. The Morgan fingerprint density at radius 3 is 2.74 bits per heavy atom. The standard InChI is InChI=1S/C18H17F3N4O2/c1-11(6-16-24-22-10-25(16)2)13-5-3-4-12(7-13)8-15(26)14-9-27-17(23-14)18(19,20)21/h3-5,7,9-11H,6,8H2,1-2H3/t11-/m1/s1. The van der Waals surface area contributed by atoms with Gasteiger partial charge in [0.15, 0.2) is 5.78 Å². The number of alkyl halides is 3. The molecular weight excluding hydrogens is 361 g/mol. The van der Waals surface area contributed by atoms with Gasteiger partial charge >= 0.3 is 12.1 Å². The van der Waals surface area contributed by atoms with Gasteiger partial charge < -0.3 is 8.98 Å². The fourth-order valence-corrected chi connectivity index (χ4v) is 2.70. The van der Waals surface area contributed by atoms with Crippen LogP contribution in [-0.4, -0.2) is 25.5 Å². The normalized spacial score (nSPS) is 12.9. The minimum absolute atomic E-state index is 0.0612. The van der Waals surface area contributed by atoms with E-state index in [1.807, 2.05) is 36.7 Å². The Bertz CT molecular complexity index is 946. The lowest BCUT2D eigenvalue weighted by molar-refractivity contribution is -0.157. The van der Waals surface area contributed by atoms with Crippen LogP contribution in [0.1, 0.15) is 46.2 Å². The zero-order valence-electron chi connectivity index (χ0n) is 14.7. The molecule has 0 amide bonds. The first-order valence-electron chi connectivity index (χ1n) is 8.21. The largest absolute Gasteiger partial charge is 0.468 e. The van der Waals surface area contributed by atoms with E-state index in [0.717, 1.165) is 17.7 Å². The second-order valence-electron chi connectivity index (χ2n) is 6.34. The third-order valence-corrected chi connectivity index (χ3v) is 4.21. The van der Waals surface area contributed by atoms with Crippen molar-refractivity contribution in [2.24, 2.45) is 7.05 Å². The third-order valence-electron chi connectivity index (χ3n) is 4.21. The highest BCUT2D eigenvalue weighted by Crippen LogP contribution is 2.28. The van der Waals surface area contributed by atoms with Crippen LogP contribution in [0.2, 0.25) is 0 Å². The molecule has 0 unspecified atom stereocenters. The highest BCUT2D eigenvalue weighted by Gasteiger charge is 2.37. The summed E-state index contributed by atoms with van der Waals surface area (Å²) >= 11 is 0. The van der Waals surface area contributed by atoms with Crippen LogP contribution in [0.15, 0.2) is 41.3 Å². The molecule has 0 bridgehead atoms. The zero-order chi connectivity index (χ0) is 19.6. The highest BCUT2D eigenvalue weighted by atomic mass is 19.4. The molecule has 27 heavy (non-hydrogen) atoms. The third kappa shape index (κ3) is 4.42. The maximum atomic E-state index is 12.5. The summed E-state index contributed by atoms with van der Waals surface area (Å²) in [6.45, 7) is 2.03. The topological polar surface area (TPSA) is 73.8 Å². The lowest BCUT2D eigenvalue weighted by Gasteiger charge is -2.12. The second kappa shape index (κ2) is 7.34. The van der Waals surface area contributed by atoms with Crippen LogP contribution in [0.25, 0.3) is 0 Å². The number of carbonyl (C=O) groups is 1. The lowest BCUT2D eigenvalue weighted by Crippen LogP contribution is -2.09. The fraction of sp³-hybridized carbons (Fsp3) is 0.333. The number of hydrogen-bond acceptors (Lipinski definition) is 5. The first-order chi connectivity index (χ1) is 12.7. The zero-order valence-corrected chi connectivity index (χ0v) is 14.7. The van der Waals surface area contributed by atoms with E-state index in [9.17, 15) is 18.0 Å².